The van der Waals surface area contributed by atoms with Crippen LogP contribution in [-0.2, 0) is 6.61 Å². The highest BCUT2D eigenvalue weighted by Crippen LogP contribution is 2.24. The molecule has 2 aromatic rings. The van der Waals surface area contributed by atoms with Crippen LogP contribution in [0.5, 0.6) is 5.75 Å². The van der Waals surface area contributed by atoms with E-state index >= 15 is 0 Å². The van der Waals surface area contributed by atoms with Crippen LogP contribution < -0.4 is 4.74 Å². The highest BCUT2D eigenvalue weighted by Gasteiger charge is 2.13. The maximum Gasteiger partial charge on any atom is 0.339 e. The molecule has 1 N–H and O–H groups in total. The van der Waals surface area contributed by atoms with Gasteiger partial charge in [-0.15, -0.1) is 0 Å². The number of hydrogen-bond donors (Lipinski definition) is 1. The zero-order valence-corrected chi connectivity index (χ0v) is 10.3. The van der Waals surface area contributed by atoms with Crippen molar-refractivity contribution < 1.29 is 19.0 Å². The molecule has 0 aliphatic heterocycles. The van der Waals surface area contributed by atoms with Gasteiger partial charge in [-0.1, -0.05) is 17.7 Å². The molecule has 0 aliphatic rings. The smallest absolute Gasteiger partial charge is 0.339 e. The van der Waals surface area contributed by atoms with Crippen LogP contribution >= 0.6 is 11.6 Å². The molecule has 7 heteroatoms. The number of halogens is 2. The zero-order valence-electron chi connectivity index (χ0n) is 9.51. The highest BCUT2D eigenvalue weighted by atomic mass is 35.5. The molecule has 98 valence electrons. The van der Waals surface area contributed by atoms with Gasteiger partial charge in [0.15, 0.2) is 11.6 Å². The summed E-state index contributed by atoms with van der Waals surface area (Å²) in [7, 11) is 0. The molecule has 0 aliphatic carbocycles. The number of benzene rings is 1. The second-order valence-corrected chi connectivity index (χ2v) is 3.94. The molecular weight excluding hydrogens is 275 g/mol. The Bertz CT molecular complexity index is 622. The van der Waals surface area contributed by atoms with Crippen LogP contribution in [0.25, 0.3) is 0 Å². The van der Waals surface area contributed by atoms with Crippen molar-refractivity contribution in [2.24, 2.45) is 0 Å². The molecule has 19 heavy (non-hydrogen) atoms. The van der Waals surface area contributed by atoms with Crippen LogP contribution in [0.2, 0.25) is 5.02 Å². The van der Waals surface area contributed by atoms with E-state index in [1.165, 1.54) is 24.5 Å². The van der Waals surface area contributed by atoms with Gasteiger partial charge in [-0.05, 0) is 12.1 Å². The molecule has 0 saturated carbocycles. The van der Waals surface area contributed by atoms with Crippen molar-refractivity contribution in [3.8, 4) is 5.75 Å². The Morgan fingerprint density at radius 3 is 3.00 bits per heavy atom. The van der Waals surface area contributed by atoms with Crippen LogP contribution in [0.15, 0.2) is 30.7 Å². The molecule has 0 spiro atoms. The molecule has 5 nitrogen and oxygen atoms in total. The topological polar surface area (TPSA) is 72.3 Å². The van der Waals surface area contributed by atoms with Crippen molar-refractivity contribution in [2.75, 3.05) is 0 Å². The molecular formula is C12H8ClFN2O3. The molecule has 2 rings (SSSR count). The summed E-state index contributed by atoms with van der Waals surface area (Å²) < 4.78 is 18.7. The summed E-state index contributed by atoms with van der Waals surface area (Å²) in [4.78, 5) is 18.3. The van der Waals surface area contributed by atoms with E-state index < -0.39 is 11.8 Å². The summed E-state index contributed by atoms with van der Waals surface area (Å²) in [5, 5.41) is 8.86. The maximum atomic E-state index is 13.6. The van der Waals surface area contributed by atoms with E-state index in [9.17, 15) is 9.18 Å². The van der Waals surface area contributed by atoms with Gasteiger partial charge in [0.1, 0.15) is 18.5 Å². The quantitative estimate of drug-likeness (QED) is 0.933. The molecule has 0 radical (unpaired) electrons. The van der Waals surface area contributed by atoms with Crippen LogP contribution in [0.1, 0.15) is 16.1 Å². The Labute approximate surface area is 112 Å². The lowest BCUT2D eigenvalue weighted by Crippen LogP contribution is -2.09. The van der Waals surface area contributed by atoms with Gasteiger partial charge in [0.2, 0.25) is 0 Å². The van der Waals surface area contributed by atoms with Crippen molar-refractivity contribution in [3.05, 3.63) is 52.8 Å². The van der Waals surface area contributed by atoms with E-state index in [0.717, 1.165) is 6.20 Å². The Morgan fingerprint density at radius 1 is 1.47 bits per heavy atom. The predicted octanol–water partition coefficient (Wildman–Crippen LogP) is 2.55. The fourth-order valence-electron chi connectivity index (χ4n) is 1.39. The van der Waals surface area contributed by atoms with Crippen LogP contribution in [0.4, 0.5) is 4.39 Å². The van der Waals surface area contributed by atoms with Gasteiger partial charge >= 0.3 is 5.97 Å². The highest BCUT2D eigenvalue weighted by molar-refractivity contribution is 6.30. The van der Waals surface area contributed by atoms with Gasteiger partial charge in [-0.3, -0.25) is 0 Å². The second-order valence-electron chi connectivity index (χ2n) is 3.53. The molecule has 1 aromatic carbocycles. The Hall–Kier alpha value is -2.21. The average molecular weight is 283 g/mol. The Balaban J connectivity index is 2.19. The van der Waals surface area contributed by atoms with Crippen molar-refractivity contribution in [2.45, 2.75) is 6.61 Å². The monoisotopic (exact) mass is 282 g/mol. The number of aromatic nitrogens is 2. The lowest BCUT2D eigenvalue weighted by molar-refractivity contribution is 0.0692. The molecule has 0 saturated heterocycles. The third-order valence-corrected chi connectivity index (χ3v) is 2.60. The SMILES string of the molecule is O=C(O)c1cncnc1COc1cccc(Cl)c1F. The minimum absolute atomic E-state index is 0.0672. The number of nitrogens with zero attached hydrogens (tertiary/aromatic N) is 2. The third kappa shape index (κ3) is 2.97. The summed E-state index contributed by atoms with van der Waals surface area (Å²) in [6.07, 6.45) is 2.35. The molecule has 0 atom stereocenters. The van der Waals surface area contributed by atoms with Crippen LogP contribution in [0.3, 0.4) is 0 Å². The van der Waals surface area contributed by atoms with Crippen molar-refractivity contribution in [1.29, 1.82) is 0 Å². The molecule has 0 unspecified atom stereocenters. The van der Waals surface area contributed by atoms with E-state index in [-0.39, 0.29) is 28.6 Å². The molecule has 1 heterocycles. The minimum Gasteiger partial charge on any atom is -0.484 e. The lowest BCUT2D eigenvalue weighted by Gasteiger charge is -2.08. The van der Waals surface area contributed by atoms with E-state index in [0.29, 0.717) is 0 Å². The summed E-state index contributed by atoms with van der Waals surface area (Å²) >= 11 is 5.60. The molecule has 0 bridgehead atoms. The fraction of sp³-hybridized carbons (Fsp3) is 0.0833. The maximum absolute atomic E-state index is 13.6. The van der Waals surface area contributed by atoms with Gasteiger partial charge < -0.3 is 9.84 Å². The van der Waals surface area contributed by atoms with Crippen LogP contribution in [-0.4, -0.2) is 21.0 Å². The average Bonchev–Trinajstić information content (AvgIpc) is 2.40. The van der Waals surface area contributed by atoms with E-state index in [1.54, 1.807) is 0 Å². The number of hydrogen-bond acceptors (Lipinski definition) is 4. The fourth-order valence-corrected chi connectivity index (χ4v) is 1.56. The normalized spacial score (nSPS) is 10.2. The predicted molar refractivity (Wildman–Crippen MR) is 64.7 cm³/mol. The molecule has 0 amide bonds. The number of carboxylic acids is 1. The third-order valence-electron chi connectivity index (χ3n) is 2.31. The largest absolute Gasteiger partial charge is 0.484 e. The van der Waals surface area contributed by atoms with Gasteiger partial charge in [0.05, 0.1) is 10.7 Å². The van der Waals surface area contributed by atoms with Crippen molar-refractivity contribution >= 4 is 17.6 Å². The number of carboxylic acid groups (broad SMARTS) is 1. The van der Waals surface area contributed by atoms with Gasteiger partial charge in [-0.2, -0.15) is 0 Å². The van der Waals surface area contributed by atoms with Crippen molar-refractivity contribution in [1.82, 2.24) is 9.97 Å². The first-order valence-corrected chi connectivity index (χ1v) is 5.56. The van der Waals surface area contributed by atoms with E-state index in [2.05, 4.69) is 9.97 Å². The van der Waals surface area contributed by atoms with E-state index in [1.807, 2.05) is 0 Å². The number of rotatable bonds is 4. The summed E-state index contributed by atoms with van der Waals surface area (Å²) in [6, 6.07) is 4.30. The molecule has 0 fully saturated rings. The summed E-state index contributed by atoms with van der Waals surface area (Å²) in [5.74, 6) is -1.94. The zero-order chi connectivity index (χ0) is 13.8. The first-order chi connectivity index (χ1) is 9.09. The number of aromatic carboxylic acids is 1. The first kappa shape index (κ1) is 13.2. The van der Waals surface area contributed by atoms with Gasteiger partial charge in [0.25, 0.3) is 0 Å². The first-order valence-electron chi connectivity index (χ1n) is 5.18. The standard InChI is InChI=1S/C12H8ClFN2O3/c13-8-2-1-3-10(11(8)14)19-5-9-7(12(17)18)4-15-6-16-9/h1-4,6H,5H2,(H,17,18). The van der Waals surface area contributed by atoms with E-state index in [4.69, 9.17) is 21.4 Å². The Kier molecular flexibility index (Phi) is 3.91. The second kappa shape index (κ2) is 5.62. The minimum atomic E-state index is -1.18. The summed E-state index contributed by atoms with van der Waals surface area (Å²) in [5.41, 5.74) is 0.0619. The van der Waals surface area contributed by atoms with Crippen LogP contribution in [0, 0.1) is 5.82 Å². The number of carbonyl (C=O) groups is 1. The lowest BCUT2D eigenvalue weighted by atomic mass is 10.2. The van der Waals surface area contributed by atoms with Gasteiger partial charge in [-0.25, -0.2) is 19.2 Å². The summed E-state index contributed by atoms with van der Waals surface area (Å²) in [6.45, 7) is -0.193. The molecule has 1 aromatic heterocycles. The number of ether oxygens (including phenoxy) is 1. The Morgan fingerprint density at radius 2 is 2.26 bits per heavy atom. The van der Waals surface area contributed by atoms with Crippen molar-refractivity contribution in [3.63, 3.8) is 0 Å². The van der Waals surface area contributed by atoms with Gasteiger partial charge in [0, 0.05) is 6.20 Å².